The van der Waals surface area contributed by atoms with Crippen LogP contribution in [0.1, 0.15) is 71.6 Å². The minimum Gasteiger partial charge on any atom is -0.352 e. The molecule has 2 unspecified atom stereocenters. The lowest BCUT2D eigenvalue weighted by Gasteiger charge is -2.38. The molecule has 6 nitrogen and oxygen atoms in total. The molecule has 0 bridgehead atoms. The lowest BCUT2D eigenvalue weighted by atomic mass is 9.87. The van der Waals surface area contributed by atoms with Crippen molar-refractivity contribution in [3.63, 3.8) is 0 Å². The van der Waals surface area contributed by atoms with Crippen LogP contribution < -0.4 is 5.32 Å². The van der Waals surface area contributed by atoms with Crippen molar-refractivity contribution >= 4 is 11.8 Å². The van der Waals surface area contributed by atoms with Gasteiger partial charge in [-0.2, -0.15) is 0 Å². The van der Waals surface area contributed by atoms with Gasteiger partial charge in [0.2, 0.25) is 11.8 Å². The molecule has 3 rings (SSSR count). The monoisotopic (exact) mass is 406 g/mol. The van der Waals surface area contributed by atoms with Crippen LogP contribution in [0.3, 0.4) is 0 Å². The minimum atomic E-state index is 0.214. The highest BCUT2D eigenvalue weighted by Gasteiger charge is 2.29. The zero-order chi connectivity index (χ0) is 20.6. The second kappa shape index (κ2) is 11.3. The van der Waals surface area contributed by atoms with Crippen molar-refractivity contribution in [1.29, 1.82) is 0 Å². The van der Waals surface area contributed by atoms with Gasteiger partial charge in [0.15, 0.2) is 0 Å². The molecule has 3 fully saturated rings. The molecule has 29 heavy (non-hydrogen) atoms. The molecule has 2 amide bonds. The topological polar surface area (TPSA) is 55.9 Å². The Morgan fingerprint density at radius 1 is 1.00 bits per heavy atom. The first-order chi connectivity index (χ1) is 14.0. The van der Waals surface area contributed by atoms with E-state index in [9.17, 15) is 9.59 Å². The predicted octanol–water partition coefficient (Wildman–Crippen LogP) is 2.48. The number of rotatable bonds is 8. The molecule has 0 radical (unpaired) electrons. The number of hydrogen-bond acceptors (Lipinski definition) is 4. The van der Waals surface area contributed by atoms with E-state index in [2.05, 4.69) is 29.0 Å². The van der Waals surface area contributed by atoms with Gasteiger partial charge in [0.1, 0.15) is 0 Å². The van der Waals surface area contributed by atoms with Crippen LogP contribution in [0.25, 0.3) is 0 Å². The maximum atomic E-state index is 12.7. The van der Waals surface area contributed by atoms with E-state index >= 15 is 0 Å². The highest BCUT2D eigenvalue weighted by atomic mass is 16.2. The lowest BCUT2D eigenvalue weighted by molar-refractivity contribution is -0.134. The molecule has 2 aliphatic heterocycles. The second-order valence-corrected chi connectivity index (χ2v) is 9.55. The highest BCUT2D eigenvalue weighted by molar-refractivity contribution is 5.78. The van der Waals surface area contributed by atoms with E-state index < -0.39 is 0 Å². The summed E-state index contributed by atoms with van der Waals surface area (Å²) >= 11 is 0. The van der Waals surface area contributed by atoms with Gasteiger partial charge < -0.3 is 10.2 Å². The number of likely N-dealkylation sites (tertiary alicyclic amines) is 1. The molecule has 1 N–H and O–H groups in total. The van der Waals surface area contributed by atoms with Crippen molar-refractivity contribution < 1.29 is 9.59 Å². The third-order valence-electron chi connectivity index (χ3n) is 7.19. The number of nitrogens with one attached hydrogen (secondary N) is 1. The Hall–Kier alpha value is -1.14. The SMILES string of the molecule is CCCC(C)N1CCN(C(=O)CN2CCC(NC(=O)CC3CCCCC3)C2)CC1. The molecule has 0 aromatic rings. The molecule has 3 aliphatic rings. The van der Waals surface area contributed by atoms with E-state index in [1.165, 1.54) is 44.9 Å². The van der Waals surface area contributed by atoms with Gasteiger partial charge >= 0.3 is 0 Å². The molecule has 0 aromatic carbocycles. The van der Waals surface area contributed by atoms with Crippen LogP contribution >= 0.6 is 0 Å². The third-order valence-corrected chi connectivity index (χ3v) is 7.19. The molecular weight excluding hydrogens is 364 g/mol. The second-order valence-electron chi connectivity index (χ2n) is 9.55. The number of piperazine rings is 1. The van der Waals surface area contributed by atoms with Crippen molar-refractivity contribution in [2.45, 2.75) is 83.7 Å². The minimum absolute atomic E-state index is 0.214. The summed E-state index contributed by atoms with van der Waals surface area (Å²) in [5.41, 5.74) is 0. The van der Waals surface area contributed by atoms with Gasteiger partial charge in [-0.05, 0) is 38.5 Å². The van der Waals surface area contributed by atoms with E-state index in [0.717, 1.165) is 45.7 Å². The standard InChI is InChI=1S/C23H42N4O2/c1-3-7-19(2)26-12-14-27(15-13-26)23(29)18-25-11-10-21(17-25)24-22(28)16-20-8-5-4-6-9-20/h19-21H,3-18H2,1-2H3,(H,24,28). The van der Waals surface area contributed by atoms with Gasteiger partial charge in [0.25, 0.3) is 0 Å². The Morgan fingerprint density at radius 2 is 1.72 bits per heavy atom. The summed E-state index contributed by atoms with van der Waals surface area (Å²) in [7, 11) is 0. The van der Waals surface area contributed by atoms with E-state index in [-0.39, 0.29) is 17.9 Å². The first kappa shape index (κ1) is 22.5. The van der Waals surface area contributed by atoms with Crippen LogP contribution in [0.5, 0.6) is 0 Å². The lowest BCUT2D eigenvalue weighted by Crippen LogP contribution is -2.53. The average molecular weight is 407 g/mol. The molecule has 1 aliphatic carbocycles. The number of amides is 2. The van der Waals surface area contributed by atoms with E-state index in [1.54, 1.807) is 0 Å². The average Bonchev–Trinajstić information content (AvgIpc) is 3.15. The summed E-state index contributed by atoms with van der Waals surface area (Å²) in [6.07, 6.45) is 10.4. The van der Waals surface area contributed by atoms with Gasteiger partial charge in [-0.1, -0.05) is 32.6 Å². The van der Waals surface area contributed by atoms with E-state index in [4.69, 9.17) is 0 Å². The summed E-state index contributed by atoms with van der Waals surface area (Å²) in [6.45, 7) is 10.4. The molecule has 0 aromatic heterocycles. The number of carbonyl (C=O) groups excluding carboxylic acids is 2. The fourth-order valence-corrected chi connectivity index (χ4v) is 5.34. The molecular formula is C23H42N4O2. The van der Waals surface area contributed by atoms with Crippen LogP contribution in [-0.4, -0.2) is 84.4 Å². The third kappa shape index (κ3) is 6.95. The fourth-order valence-electron chi connectivity index (χ4n) is 5.34. The quantitative estimate of drug-likeness (QED) is 0.673. The Bertz CT molecular complexity index is 527. The smallest absolute Gasteiger partial charge is 0.236 e. The Kier molecular flexibility index (Phi) is 8.79. The van der Waals surface area contributed by atoms with Crippen LogP contribution in [0.4, 0.5) is 0 Å². The van der Waals surface area contributed by atoms with E-state index in [1.807, 2.05) is 4.90 Å². The van der Waals surface area contributed by atoms with Crippen molar-refractivity contribution in [2.75, 3.05) is 45.8 Å². The molecule has 166 valence electrons. The molecule has 6 heteroatoms. The Morgan fingerprint density at radius 3 is 2.41 bits per heavy atom. The maximum absolute atomic E-state index is 12.7. The largest absolute Gasteiger partial charge is 0.352 e. The van der Waals surface area contributed by atoms with Crippen LogP contribution in [0, 0.1) is 5.92 Å². The van der Waals surface area contributed by atoms with E-state index in [0.29, 0.717) is 24.9 Å². The first-order valence-corrected chi connectivity index (χ1v) is 12.1. The molecule has 1 saturated carbocycles. The van der Waals surface area contributed by atoms with Crippen molar-refractivity contribution in [3.8, 4) is 0 Å². The van der Waals surface area contributed by atoms with Gasteiger partial charge in [-0.3, -0.25) is 19.4 Å². The van der Waals surface area contributed by atoms with Gasteiger partial charge in [-0.25, -0.2) is 0 Å². The number of carbonyl (C=O) groups is 2. The van der Waals surface area contributed by atoms with Crippen molar-refractivity contribution in [3.05, 3.63) is 0 Å². The highest BCUT2D eigenvalue weighted by Crippen LogP contribution is 2.26. The van der Waals surface area contributed by atoms with Gasteiger partial charge in [-0.15, -0.1) is 0 Å². The van der Waals surface area contributed by atoms with Crippen LogP contribution in [0.15, 0.2) is 0 Å². The van der Waals surface area contributed by atoms with Gasteiger partial charge in [0.05, 0.1) is 6.54 Å². The molecule has 2 atom stereocenters. The predicted molar refractivity (Wildman–Crippen MR) is 117 cm³/mol. The number of nitrogens with zero attached hydrogens (tertiary/aromatic N) is 3. The van der Waals surface area contributed by atoms with Crippen molar-refractivity contribution in [1.82, 2.24) is 20.0 Å². The Balaban J connectivity index is 1.33. The summed E-state index contributed by atoms with van der Waals surface area (Å²) in [5, 5.41) is 3.23. The molecule has 2 saturated heterocycles. The molecule has 0 spiro atoms. The summed E-state index contributed by atoms with van der Waals surface area (Å²) in [5.74, 6) is 1.05. The maximum Gasteiger partial charge on any atom is 0.236 e. The summed E-state index contributed by atoms with van der Waals surface area (Å²) < 4.78 is 0. The normalized spacial score (nSPS) is 25.9. The van der Waals surface area contributed by atoms with Crippen LogP contribution in [-0.2, 0) is 9.59 Å². The zero-order valence-corrected chi connectivity index (χ0v) is 18.7. The fraction of sp³-hybridized carbons (Fsp3) is 0.913. The van der Waals surface area contributed by atoms with Gasteiger partial charge in [0, 0.05) is 57.8 Å². The Labute approximate surface area is 177 Å². The number of hydrogen-bond donors (Lipinski definition) is 1. The first-order valence-electron chi connectivity index (χ1n) is 12.1. The van der Waals surface area contributed by atoms with Crippen molar-refractivity contribution in [2.24, 2.45) is 5.92 Å². The summed E-state index contributed by atoms with van der Waals surface area (Å²) in [6, 6.07) is 0.833. The summed E-state index contributed by atoms with van der Waals surface area (Å²) in [4.78, 5) is 31.9. The zero-order valence-electron chi connectivity index (χ0n) is 18.7. The molecule has 2 heterocycles. The van der Waals surface area contributed by atoms with Crippen LogP contribution in [0.2, 0.25) is 0 Å².